The second-order valence-electron chi connectivity index (χ2n) is 9.44. The molecule has 0 aliphatic carbocycles. The Labute approximate surface area is 238 Å². The van der Waals surface area contributed by atoms with Crippen molar-refractivity contribution in [2.45, 2.75) is 30.7 Å². The molecule has 212 valence electrons. The van der Waals surface area contributed by atoms with Crippen molar-refractivity contribution in [2.75, 3.05) is 18.4 Å². The number of nitrogens with zero attached hydrogens (tertiary/aromatic N) is 3. The Morgan fingerprint density at radius 1 is 0.927 bits per heavy atom. The molecule has 1 atom stereocenters. The van der Waals surface area contributed by atoms with Gasteiger partial charge in [-0.15, -0.1) is 5.11 Å². The Hall–Kier alpha value is -4.45. The lowest BCUT2D eigenvalue weighted by molar-refractivity contribution is -0.135. The summed E-state index contributed by atoms with van der Waals surface area (Å²) in [4.78, 5) is 26.4. The van der Waals surface area contributed by atoms with Crippen LogP contribution in [0.5, 0.6) is 0 Å². The van der Waals surface area contributed by atoms with E-state index in [9.17, 15) is 18.0 Å². The first kappa shape index (κ1) is 29.5. The van der Waals surface area contributed by atoms with Gasteiger partial charge in [-0.1, -0.05) is 60.2 Å². The van der Waals surface area contributed by atoms with Crippen LogP contribution >= 0.6 is 0 Å². The molecule has 1 saturated heterocycles. The van der Waals surface area contributed by atoms with Gasteiger partial charge in [-0.25, -0.2) is 0 Å². The topological polar surface area (TPSA) is 155 Å². The zero-order chi connectivity index (χ0) is 29.4. The van der Waals surface area contributed by atoms with Crippen molar-refractivity contribution in [3.63, 3.8) is 0 Å². The van der Waals surface area contributed by atoms with Gasteiger partial charge < -0.3 is 16.0 Å². The van der Waals surface area contributed by atoms with Crippen molar-refractivity contribution in [1.82, 2.24) is 4.90 Å². The molecule has 1 aliphatic heterocycles. The second kappa shape index (κ2) is 13.3. The van der Waals surface area contributed by atoms with Gasteiger partial charge >= 0.3 is 0 Å². The molecule has 11 heteroatoms. The SMILES string of the molecule is Cc1ccc(S(=O)(=O)O)cc1.NCC(=O)N1CCC[C@H]1C(=O)Nc1ccc(N=Nc2ccccc2)c2ccccc12. The maximum absolute atomic E-state index is 12.9. The number of likely N-dealkylation sites (tertiary alicyclic amines) is 1. The molecule has 1 heterocycles. The molecule has 0 bridgehead atoms. The highest BCUT2D eigenvalue weighted by Crippen LogP contribution is 2.33. The quantitative estimate of drug-likeness (QED) is 0.208. The number of nitrogens with two attached hydrogens (primary N) is 1. The Bertz CT molecular complexity index is 1660. The molecule has 0 saturated carbocycles. The largest absolute Gasteiger partial charge is 0.330 e. The first-order chi connectivity index (χ1) is 19.7. The van der Waals surface area contributed by atoms with E-state index in [1.165, 1.54) is 12.1 Å². The van der Waals surface area contributed by atoms with Crippen molar-refractivity contribution in [1.29, 1.82) is 0 Å². The fourth-order valence-corrected chi connectivity index (χ4v) is 4.95. The lowest BCUT2D eigenvalue weighted by Gasteiger charge is -2.23. The van der Waals surface area contributed by atoms with Crippen LogP contribution in [0.1, 0.15) is 18.4 Å². The lowest BCUT2D eigenvalue weighted by atomic mass is 10.1. The van der Waals surface area contributed by atoms with Crippen molar-refractivity contribution in [3.05, 3.63) is 96.6 Å². The predicted molar refractivity (Wildman–Crippen MR) is 158 cm³/mol. The number of nitrogens with one attached hydrogen (secondary N) is 1. The summed E-state index contributed by atoms with van der Waals surface area (Å²) in [5.74, 6) is -0.396. The summed E-state index contributed by atoms with van der Waals surface area (Å²) in [7, 11) is -4.02. The third-order valence-electron chi connectivity index (χ3n) is 6.56. The maximum Gasteiger partial charge on any atom is 0.294 e. The molecule has 5 rings (SSSR count). The zero-order valence-electron chi connectivity index (χ0n) is 22.5. The highest BCUT2D eigenvalue weighted by molar-refractivity contribution is 7.85. The second-order valence-corrected chi connectivity index (χ2v) is 10.9. The first-order valence-corrected chi connectivity index (χ1v) is 14.4. The van der Waals surface area contributed by atoms with Crippen LogP contribution in [-0.4, -0.2) is 48.8 Å². The Balaban J connectivity index is 0.000000296. The smallest absolute Gasteiger partial charge is 0.294 e. The number of carbonyl (C=O) groups excluding carboxylic acids is 2. The van der Waals surface area contributed by atoms with Gasteiger partial charge in [0, 0.05) is 23.0 Å². The number of aryl methyl sites for hydroxylation is 1. The summed E-state index contributed by atoms with van der Waals surface area (Å²) >= 11 is 0. The standard InChI is InChI=1S/C23H23N5O2.C7H8O3S/c24-15-22(29)28-14-6-11-21(28)23(30)25-19-12-13-20(18-10-5-4-9-17(18)19)27-26-16-7-2-1-3-8-16;1-6-2-4-7(5-3-6)11(8,9)10/h1-5,7-10,12-13,21H,6,11,14-15,24H2,(H,25,30);2-5H,1H3,(H,8,9,10)/t21-;/m0./s1. The Morgan fingerprint density at radius 3 is 2.24 bits per heavy atom. The van der Waals surface area contributed by atoms with E-state index in [0.717, 1.165) is 28.4 Å². The number of anilines is 1. The molecule has 0 aromatic heterocycles. The summed E-state index contributed by atoms with van der Waals surface area (Å²) in [5.41, 5.74) is 8.61. The van der Waals surface area contributed by atoms with Crippen molar-refractivity contribution < 1.29 is 22.6 Å². The van der Waals surface area contributed by atoms with Crippen LogP contribution in [0.4, 0.5) is 17.1 Å². The van der Waals surface area contributed by atoms with Crippen LogP contribution in [0.15, 0.2) is 106 Å². The number of rotatable bonds is 6. The van der Waals surface area contributed by atoms with Gasteiger partial charge in [0.25, 0.3) is 10.1 Å². The van der Waals surface area contributed by atoms with Crippen LogP contribution in [0.2, 0.25) is 0 Å². The van der Waals surface area contributed by atoms with Crippen LogP contribution in [0, 0.1) is 6.92 Å². The monoisotopic (exact) mass is 573 g/mol. The first-order valence-electron chi connectivity index (χ1n) is 13.0. The van der Waals surface area contributed by atoms with Gasteiger partial charge in [0.15, 0.2) is 0 Å². The number of azo groups is 1. The molecule has 4 aromatic rings. The average Bonchev–Trinajstić information content (AvgIpc) is 3.47. The van der Waals surface area contributed by atoms with E-state index in [0.29, 0.717) is 24.3 Å². The summed E-state index contributed by atoms with van der Waals surface area (Å²) in [6.07, 6.45) is 1.43. The third-order valence-corrected chi connectivity index (χ3v) is 7.43. The molecular formula is C30H31N5O5S. The van der Waals surface area contributed by atoms with E-state index in [2.05, 4.69) is 15.5 Å². The molecule has 4 N–H and O–H groups in total. The van der Waals surface area contributed by atoms with Crippen LogP contribution < -0.4 is 11.1 Å². The molecule has 0 spiro atoms. The van der Waals surface area contributed by atoms with E-state index in [4.69, 9.17) is 10.3 Å². The molecule has 0 radical (unpaired) electrons. The molecule has 2 amide bonds. The third kappa shape index (κ3) is 7.60. The molecule has 0 unspecified atom stereocenters. The van der Waals surface area contributed by atoms with Gasteiger partial charge in [0.2, 0.25) is 11.8 Å². The van der Waals surface area contributed by atoms with Gasteiger partial charge in [-0.2, -0.15) is 13.5 Å². The van der Waals surface area contributed by atoms with Crippen molar-refractivity contribution in [2.24, 2.45) is 16.0 Å². The fourth-order valence-electron chi connectivity index (χ4n) is 4.47. The normalized spacial score (nSPS) is 15.0. The Morgan fingerprint density at radius 2 is 1.59 bits per heavy atom. The van der Waals surface area contributed by atoms with Crippen LogP contribution in [-0.2, 0) is 19.7 Å². The number of amides is 2. The van der Waals surface area contributed by atoms with Gasteiger partial charge in [-0.3, -0.25) is 14.1 Å². The van der Waals surface area contributed by atoms with E-state index in [1.54, 1.807) is 17.0 Å². The zero-order valence-corrected chi connectivity index (χ0v) is 23.3. The summed E-state index contributed by atoms with van der Waals surface area (Å²) in [6.45, 7) is 2.31. The summed E-state index contributed by atoms with van der Waals surface area (Å²) < 4.78 is 29.6. The summed E-state index contributed by atoms with van der Waals surface area (Å²) in [5, 5.41) is 13.4. The van der Waals surface area contributed by atoms with E-state index < -0.39 is 16.2 Å². The predicted octanol–water partition coefficient (Wildman–Crippen LogP) is 5.39. The maximum atomic E-state index is 12.9. The molecular weight excluding hydrogens is 542 g/mol. The van der Waals surface area contributed by atoms with Gasteiger partial charge in [0.1, 0.15) is 6.04 Å². The minimum absolute atomic E-state index is 0.0666. The molecule has 41 heavy (non-hydrogen) atoms. The van der Waals surface area contributed by atoms with Crippen LogP contribution in [0.3, 0.4) is 0 Å². The molecule has 10 nitrogen and oxygen atoms in total. The average molecular weight is 574 g/mol. The number of benzene rings is 4. The lowest BCUT2D eigenvalue weighted by Crippen LogP contribution is -2.45. The highest BCUT2D eigenvalue weighted by atomic mass is 32.2. The number of hydrogen-bond donors (Lipinski definition) is 3. The minimum Gasteiger partial charge on any atom is -0.330 e. The van der Waals surface area contributed by atoms with Crippen molar-refractivity contribution in [3.8, 4) is 0 Å². The van der Waals surface area contributed by atoms with E-state index >= 15 is 0 Å². The molecule has 1 aliphatic rings. The van der Waals surface area contributed by atoms with Gasteiger partial charge in [-0.05, 0) is 56.2 Å². The van der Waals surface area contributed by atoms with Crippen LogP contribution in [0.25, 0.3) is 10.8 Å². The number of fused-ring (bicyclic) bond motifs is 1. The van der Waals surface area contributed by atoms with E-state index in [-0.39, 0.29) is 23.3 Å². The Kier molecular flexibility index (Phi) is 9.56. The van der Waals surface area contributed by atoms with E-state index in [1.807, 2.05) is 73.7 Å². The van der Waals surface area contributed by atoms with Gasteiger partial charge in [0.05, 0.1) is 22.8 Å². The number of carbonyl (C=O) groups is 2. The van der Waals surface area contributed by atoms with Crippen molar-refractivity contribution >= 4 is 49.8 Å². The molecule has 4 aromatic carbocycles. The summed E-state index contributed by atoms with van der Waals surface area (Å²) in [6, 6.07) is 26.4. The minimum atomic E-state index is -4.02. The molecule has 1 fully saturated rings. The fraction of sp³-hybridized carbons (Fsp3) is 0.200. The highest BCUT2D eigenvalue weighted by Gasteiger charge is 2.33. The number of hydrogen-bond acceptors (Lipinski definition) is 7.